The molecule has 0 bridgehead atoms. The van der Waals surface area contributed by atoms with E-state index in [9.17, 15) is 0 Å². The van der Waals surface area contributed by atoms with Gasteiger partial charge in [-0.15, -0.1) is 0 Å². The van der Waals surface area contributed by atoms with Crippen molar-refractivity contribution in [2.75, 3.05) is 31.8 Å². The van der Waals surface area contributed by atoms with Crippen LogP contribution in [0.5, 0.6) is 0 Å². The third kappa shape index (κ3) is 5.53. The molecule has 1 aromatic heterocycles. The van der Waals surface area contributed by atoms with E-state index in [2.05, 4.69) is 23.4 Å². The summed E-state index contributed by atoms with van der Waals surface area (Å²) in [5.74, 6) is 2.31. The summed E-state index contributed by atoms with van der Waals surface area (Å²) in [5, 5.41) is 7.76. The Labute approximate surface area is 102 Å². The first kappa shape index (κ1) is 13.5. The lowest BCUT2D eigenvalue weighted by Crippen LogP contribution is -2.19. The predicted octanol–water partition coefficient (Wildman–Crippen LogP) is 1.37. The van der Waals surface area contributed by atoms with Gasteiger partial charge in [-0.25, -0.2) is 0 Å². The summed E-state index contributed by atoms with van der Waals surface area (Å²) in [6, 6.07) is 2.07. The molecule has 0 amide bonds. The average molecular weight is 243 g/mol. The highest BCUT2D eigenvalue weighted by atomic mass is 32.2. The zero-order valence-electron chi connectivity index (χ0n) is 10.1. The molecule has 4 nitrogen and oxygen atoms in total. The van der Waals surface area contributed by atoms with Crippen LogP contribution in [0.2, 0.25) is 0 Å². The maximum Gasteiger partial charge on any atom is 0.0762 e. The second kappa shape index (κ2) is 8.61. The average Bonchev–Trinajstić information content (AvgIpc) is 2.73. The lowest BCUT2D eigenvalue weighted by molar-refractivity contribution is 0.199. The van der Waals surface area contributed by atoms with Gasteiger partial charge in [0.1, 0.15) is 0 Å². The fourth-order valence-electron chi connectivity index (χ4n) is 1.32. The van der Waals surface area contributed by atoms with E-state index < -0.39 is 0 Å². The van der Waals surface area contributed by atoms with Gasteiger partial charge in [0, 0.05) is 38.7 Å². The smallest absolute Gasteiger partial charge is 0.0762 e. The summed E-state index contributed by atoms with van der Waals surface area (Å²) < 4.78 is 6.97. The monoisotopic (exact) mass is 243 g/mol. The van der Waals surface area contributed by atoms with E-state index in [1.165, 1.54) is 5.75 Å². The minimum Gasteiger partial charge on any atom is -0.383 e. The van der Waals surface area contributed by atoms with Gasteiger partial charge in [0.2, 0.25) is 0 Å². The summed E-state index contributed by atoms with van der Waals surface area (Å²) in [5.41, 5.74) is 1.10. The Morgan fingerprint density at radius 3 is 3.19 bits per heavy atom. The third-order valence-electron chi connectivity index (χ3n) is 2.15. The van der Waals surface area contributed by atoms with Gasteiger partial charge in [0.25, 0.3) is 0 Å². The van der Waals surface area contributed by atoms with Crippen molar-refractivity contribution in [3.63, 3.8) is 0 Å². The molecule has 0 aliphatic heterocycles. The van der Waals surface area contributed by atoms with Crippen LogP contribution in [0.15, 0.2) is 12.3 Å². The number of ether oxygens (including phenoxy) is 1. The van der Waals surface area contributed by atoms with Gasteiger partial charge in [0.15, 0.2) is 0 Å². The maximum atomic E-state index is 4.96. The normalized spacial score (nSPS) is 10.9. The molecular formula is C11H21N3OS. The van der Waals surface area contributed by atoms with E-state index in [-0.39, 0.29) is 0 Å². The van der Waals surface area contributed by atoms with E-state index in [0.29, 0.717) is 0 Å². The molecule has 0 aliphatic rings. The number of thioether (sulfide) groups is 1. The molecule has 0 atom stereocenters. The highest BCUT2D eigenvalue weighted by Gasteiger charge is 1.98. The summed E-state index contributed by atoms with van der Waals surface area (Å²) in [4.78, 5) is 0. The standard InChI is InChI=1S/C11H21N3OS/c1-3-16-9-7-14-6-4-11(13-14)10-12-5-8-15-2/h4,6,12H,3,5,7-10H2,1-2H3. The summed E-state index contributed by atoms with van der Waals surface area (Å²) >= 11 is 1.94. The van der Waals surface area contributed by atoms with E-state index in [1.807, 2.05) is 22.6 Å². The molecular weight excluding hydrogens is 222 g/mol. The lowest BCUT2D eigenvalue weighted by Gasteiger charge is -2.01. The van der Waals surface area contributed by atoms with Crippen LogP contribution in [0.3, 0.4) is 0 Å². The van der Waals surface area contributed by atoms with E-state index in [0.717, 1.165) is 37.7 Å². The number of hydrogen-bond acceptors (Lipinski definition) is 4. The summed E-state index contributed by atoms with van der Waals surface area (Å²) in [6.07, 6.45) is 2.05. The first-order valence-electron chi connectivity index (χ1n) is 5.66. The van der Waals surface area contributed by atoms with Gasteiger partial charge in [-0.3, -0.25) is 4.68 Å². The Balaban J connectivity index is 2.17. The zero-order chi connectivity index (χ0) is 11.6. The largest absolute Gasteiger partial charge is 0.383 e. The lowest BCUT2D eigenvalue weighted by atomic mass is 10.4. The molecule has 0 aliphatic carbocycles. The molecule has 0 fully saturated rings. The van der Waals surface area contributed by atoms with E-state index in [4.69, 9.17) is 4.74 Å². The van der Waals surface area contributed by atoms with Crippen LogP contribution in [0, 0.1) is 0 Å². The number of methoxy groups -OCH3 is 1. The summed E-state index contributed by atoms with van der Waals surface area (Å²) in [6.45, 7) is 5.61. The number of aromatic nitrogens is 2. The molecule has 0 aromatic carbocycles. The van der Waals surface area contributed by atoms with Gasteiger partial charge in [-0.2, -0.15) is 16.9 Å². The molecule has 1 heterocycles. The van der Waals surface area contributed by atoms with Gasteiger partial charge in [-0.1, -0.05) is 6.92 Å². The minimum absolute atomic E-state index is 0.744. The van der Waals surface area contributed by atoms with Crippen molar-refractivity contribution >= 4 is 11.8 Å². The van der Waals surface area contributed by atoms with E-state index in [1.54, 1.807) is 7.11 Å². The number of nitrogens with one attached hydrogen (secondary N) is 1. The molecule has 16 heavy (non-hydrogen) atoms. The van der Waals surface area contributed by atoms with Crippen molar-refractivity contribution in [3.05, 3.63) is 18.0 Å². The first-order valence-corrected chi connectivity index (χ1v) is 6.82. The highest BCUT2D eigenvalue weighted by molar-refractivity contribution is 7.99. The molecule has 0 spiro atoms. The minimum atomic E-state index is 0.744. The number of nitrogens with zero attached hydrogens (tertiary/aromatic N) is 2. The molecule has 1 rings (SSSR count). The number of aryl methyl sites for hydroxylation is 1. The Kier molecular flexibility index (Phi) is 7.29. The Hall–Kier alpha value is -0.520. The SMILES string of the molecule is CCSCCn1ccc(CNCCOC)n1. The van der Waals surface area contributed by atoms with Crippen LogP contribution >= 0.6 is 11.8 Å². The van der Waals surface area contributed by atoms with Crippen molar-refractivity contribution in [1.29, 1.82) is 0 Å². The van der Waals surface area contributed by atoms with Crippen molar-refractivity contribution in [3.8, 4) is 0 Å². The summed E-state index contributed by atoms with van der Waals surface area (Å²) in [7, 11) is 1.71. The van der Waals surface area contributed by atoms with Crippen molar-refractivity contribution in [2.24, 2.45) is 0 Å². The van der Waals surface area contributed by atoms with Crippen molar-refractivity contribution in [2.45, 2.75) is 20.0 Å². The molecule has 1 aromatic rings. The Morgan fingerprint density at radius 1 is 1.56 bits per heavy atom. The van der Waals surface area contributed by atoms with Crippen LogP contribution in [0.25, 0.3) is 0 Å². The van der Waals surface area contributed by atoms with Gasteiger partial charge in [-0.05, 0) is 11.8 Å². The van der Waals surface area contributed by atoms with Crippen LogP contribution in [-0.4, -0.2) is 41.5 Å². The molecule has 0 saturated carbocycles. The molecule has 0 unspecified atom stereocenters. The van der Waals surface area contributed by atoms with Crippen molar-refractivity contribution in [1.82, 2.24) is 15.1 Å². The number of hydrogen-bond donors (Lipinski definition) is 1. The van der Waals surface area contributed by atoms with Gasteiger partial charge >= 0.3 is 0 Å². The second-order valence-corrected chi connectivity index (χ2v) is 4.83. The Bertz CT molecular complexity index is 278. The van der Waals surface area contributed by atoms with Crippen LogP contribution in [0.1, 0.15) is 12.6 Å². The zero-order valence-corrected chi connectivity index (χ0v) is 10.9. The maximum absolute atomic E-state index is 4.96. The molecule has 0 saturated heterocycles. The third-order valence-corrected chi connectivity index (χ3v) is 3.03. The molecule has 92 valence electrons. The molecule has 1 N–H and O–H groups in total. The fraction of sp³-hybridized carbons (Fsp3) is 0.727. The second-order valence-electron chi connectivity index (χ2n) is 3.44. The molecule has 0 radical (unpaired) electrons. The topological polar surface area (TPSA) is 39.1 Å². The Morgan fingerprint density at radius 2 is 2.44 bits per heavy atom. The fourth-order valence-corrected chi connectivity index (χ4v) is 1.92. The number of rotatable bonds is 9. The van der Waals surface area contributed by atoms with Gasteiger partial charge < -0.3 is 10.1 Å². The highest BCUT2D eigenvalue weighted by Crippen LogP contribution is 2.01. The van der Waals surface area contributed by atoms with Crippen LogP contribution in [-0.2, 0) is 17.8 Å². The van der Waals surface area contributed by atoms with Crippen molar-refractivity contribution < 1.29 is 4.74 Å². The molecule has 5 heteroatoms. The first-order chi connectivity index (χ1) is 7.86. The van der Waals surface area contributed by atoms with Crippen LogP contribution in [0.4, 0.5) is 0 Å². The quantitative estimate of drug-likeness (QED) is 0.665. The van der Waals surface area contributed by atoms with E-state index >= 15 is 0 Å². The van der Waals surface area contributed by atoms with Gasteiger partial charge in [0.05, 0.1) is 12.3 Å². The van der Waals surface area contributed by atoms with Crippen LogP contribution < -0.4 is 5.32 Å². The predicted molar refractivity (Wildman–Crippen MR) is 68.8 cm³/mol.